The summed E-state index contributed by atoms with van der Waals surface area (Å²) in [6.07, 6.45) is 0. The summed E-state index contributed by atoms with van der Waals surface area (Å²) < 4.78 is 27.2. The lowest BCUT2D eigenvalue weighted by atomic mass is 10.1. The third-order valence-corrected chi connectivity index (χ3v) is 4.64. The van der Waals surface area contributed by atoms with Crippen LogP contribution in [0.2, 0.25) is 0 Å². The largest absolute Gasteiger partial charge is 0.398 e. The smallest absolute Gasteiger partial charge is 0.263 e. The highest BCUT2D eigenvalue weighted by atomic mass is 32.2. The molecule has 0 aliphatic rings. The standard InChI is InChI=1S/C15H15N3O2S/c1-10-3-5-13(7-11(10)2)18-21(19,20)15-6-4-12(9-16)8-14(15)17/h3-8,18H,17H2,1-2H3. The van der Waals surface area contributed by atoms with Crippen molar-refractivity contribution in [3.63, 3.8) is 0 Å². The summed E-state index contributed by atoms with van der Waals surface area (Å²) in [7, 11) is -3.78. The fourth-order valence-electron chi connectivity index (χ4n) is 1.88. The van der Waals surface area contributed by atoms with Gasteiger partial charge in [0.15, 0.2) is 0 Å². The van der Waals surface area contributed by atoms with Crippen molar-refractivity contribution in [2.24, 2.45) is 0 Å². The first-order valence-corrected chi connectivity index (χ1v) is 7.71. The Morgan fingerprint density at radius 1 is 1.10 bits per heavy atom. The molecule has 2 rings (SSSR count). The Bertz CT molecular complexity index is 836. The van der Waals surface area contributed by atoms with Crippen LogP contribution in [0.25, 0.3) is 0 Å². The summed E-state index contributed by atoms with van der Waals surface area (Å²) in [5.41, 5.74) is 8.63. The first kappa shape index (κ1) is 14.9. The van der Waals surface area contributed by atoms with Gasteiger partial charge < -0.3 is 5.73 Å². The third kappa shape index (κ3) is 3.15. The lowest BCUT2D eigenvalue weighted by Crippen LogP contribution is -2.15. The van der Waals surface area contributed by atoms with Gasteiger partial charge >= 0.3 is 0 Å². The summed E-state index contributed by atoms with van der Waals surface area (Å²) in [6, 6.07) is 11.3. The van der Waals surface area contributed by atoms with E-state index in [-0.39, 0.29) is 10.6 Å². The highest BCUT2D eigenvalue weighted by Crippen LogP contribution is 2.23. The molecular formula is C15H15N3O2S. The van der Waals surface area contributed by atoms with Crippen molar-refractivity contribution in [1.82, 2.24) is 0 Å². The van der Waals surface area contributed by atoms with E-state index in [4.69, 9.17) is 11.0 Å². The number of hydrogen-bond acceptors (Lipinski definition) is 4. The quantitative estimate of drug-likeness (QED) is 0.851. The van der Waals surface area contributed by atoms with Crippen LogP contribution < -0.4 is 10.5 Å². The first-order valence-electron chi connectivity index (χ1n) is 6.23. The molecule has 0 fully saturated rings. The molecule has 2 aromatic carbocycles. The minimum atomic E-state index is -3.78. The average molecular weight is 301 g/mol. The molecule has 0 radical (unpaired) electrons. The molecule has 0 spiro atoms. The number of benzene rings is 2. The number of nitrogen functional groups attached to an aromatic ring is 1. The van der Waals surface area contributed by atoms with Crippen LogP contribution in [0.5, 0.6) is 0 Å². The second kappa shape index (κ2) is 5.46. The molecule has 5 nitrogen and oxygen atoms in total. The summed E-state index contributed by atoms with van der Waals surface area (Å²) in [5.74, 6) is 0. The van der Waals surface area contributed by atoms with Gasteiger partial charge in [0.1, 0.15) is 4.90 Å². The highest BCUT2D eigenvalue weighted by Gasteiger charge is 2.18. The van der Waals surface area contributed by atoms with Crippen LogP contribution in [0, 0.1) is 25.2 Å². The summed E-state index contributed by atoms with van der Waals surface area (Å²) in [6.45, 7) is 3.86. The molecule has 21 heavy (non-hydrogen) atoms. The minimum Gasteiger partial charge on any atom is -0.398 e. The molecular weight excluding hydrogens is 286 g/mol. The molecule has 108 valence electrons. The van der Waals surface area contributed by atoms with Crippen LogP contribution >= 0.6 is 0 Å². The molecule has 2 aromatic rings. The summed E-state index contributed by atoms with van der Waals surface area (Å²) >= 11 is 0. The Morgan fingerprint density at radius 3 is 2.38 bits per heavy atom. The second-order valence-corrected chi connectivity index (χ2v) is 6.42. The molecule has 0 amide bonds. The highest BCUT2D eigenvalue weighted by molar-refractivity contribution is 7.92. The number of nitrogens with zero attached hydrogens (tertiary/aromatic N) is 1. The maximum Gasteiger partial charge on any atom is 0.263 e. The summed E-state index contributed by atoms with van der Waals surface area (Å²) in [4.78, 5) is -0.0419. The zero-order valence-electron chi connectivity index (χ0n) is 11.7. The lowest BCUT2D eigenvalue weighted by Gasteiger charge is -2.11. The molecule has 0 bridgehead atoms. The van der Waals surface area contributed by atoms with Crippen molar-refractivity contribution in [1.29, 1.82) is 5.26 Å². The van der Waals surface area contributed by atoms with Crippen LogP contribution in [-0.2, 0) is 10.0 Å². The van der Waals surface area contributed by atoms with Crippen LogP contribution in [-0.4, -0.2) is 8.42 Å². The van der Waals surface area contributed by atoms with E-state index in [9.17, 15) is 8.42 Å². The maximum absolute atomic E-state index is 12.3. The third-order valence-electron chi connectivity index (χ3n) is 3.19. The van der Waals surface area contributed by atoms with Crippen LogP contribution in [0.1, 0.15) is 16.7 Å². The Kier molecular flexibility index (Phi) is 3.87. The van der Waals surface area contributed by atoms with Crippen molar-refractivity contribution >= 4 is 21.4 Å². The number of nitrogens with one attached hydrogen (secondary N) is 1. The van der Waals surface area contributed by atoms with Gasteiger partial charge in [0.2, 0.25) is 0 Å². The predicted octanol–water partition coefficient (Wildman–Crippen LogP) is 2.56. The molecule has 6 heteroatoms. The second-order valence-electron chi connectivity index (χ2n) is 4.77. The maximum atomic E-state index is 12.3. The molecule has 3 N–H and O–H groups in total. The zero-order chi connectivity index (χ0) is 15.6. The number of nitriles is 1. The molecule has 0 heterocycles. The van der Waals surface area contributed by atoms with Gasteiger partial charge in [0.05, 0.1) is 17.3 Å². The normalized spacial score (nSPS) is 10.9. The van der Waals surface area contributed by atoms with Gasteiger partial charge in [0.25, 0.3) is 10.0 Å². The predicted molar refractivity (Wildman–Crippen MR) is 82.3 cm³/mol. The molecule has 0 aliphatic carbocycles. The Morgan fingerprint density at radius 2 is 1.81 bits per heavy atom. The Labute approximate surface area is 124 Å². The van der Waals surface area contributed by atoms with Gasteiger partial charge in [-0.2, -0.15) is 5.26 Å². The number of aryl methyl sites for hydroxylation is 2. The summed E-state index contributed by atoms with van der Waals surface area (Å²) in [5, 5.41) is 8.78. The number of hydrogen-bond donors (Lipinski definition) is 2. The van der Waals surface area contributed by atoms with E-state index < -0.39 is 10.0 Å². The average Bonchev–Trinajstić information content (AvgIpc) is 2.42. The van der Waals surface area contributed by atoms with E-state index in [1.165, 1.54) is 18.2 Å². The van der Waals surface area contributed by atoms with Gasteiger partial charge in [-0.25, -0.2) is 8.42 Å². The molecule has 0 saturated carbocycles. The number of anilines is 2. The van der Waals surface area contributed by atoms with Crippen molar-refractivity contribution in [3.8, 4) is 6.07 Å². The van der Waals surface area contributed by atoms with E-state index in [0.29, 0.717) is 11.3 Å². The number of nitrogens with two attached hydrogens (primary N) is 1. The number of sulfonamides is 1. The topological polar surface area (TPSA) is 96.0 Å². The van der Waals surface area contributed by atoms with E-state index in [1.54, 1.807) is 12.1 Å². The molecule has 0 aliphatic heterocycles. The minimum absolute atomic E-state index is 0.0419. The van der Waals surface area contributed by atoms with Crippen molar-refractivity contribution < 1.29 is 8.42 Å². The fraction of sp³-hybridized carbons (Fsp3) is 0.133. The number of rotatable bonds is 3. The lowest BCUT2D eigenvalue weighted by molar-refractivity contribution is 0.601. The first-order chi connectivity index (χ1) is 9.83. The SMILES string of the molecule is Cc1ccc(NS(=O)(=O)c2ccc(C#N)cc2N)cc1C. The fourth-order valence-corrected chi connectivity index (χ4v) is 3.04. The van der Waals surface area contributed by atoms with Crippen molar-refractivity contribution in [3.05, 3.63) is 53.1 Å². The van der Waals surface area contributed by atoms with Crippen LogP contribution in [0.4, 0.5) is 11.4 Å². The van der Waals surface area contributed by atoms with Gasteiger partial charge in [-0.05, 0) is 55.3 Å². The van der Waals surface area contributed by atoms with Crippen molar-refractivity contribution in [2.45, 2.75) is 18.7 Å². The van der Waals surface area contributed by atoms with Gasteiger partial charge in [-0.3, -0.25) is 4.72 Å². The molecule has 0 atom stereocenters. The Balaban J connectivity index is 2.38. The zero-order valence-corrected chi connectivity index (χ0v) is 12.5. The van der Waals surface area contributed by atoms with E-state index in [0.717, 1.165) is 11.1 Å². The molecule has 0 saturated heterocycles. The van der Waals surface area contributed by atoms with E-state index >= 15 is 0 Å². The van der Waals surface area contributed by atoms with Crippen LogP contribution in [0.3, 0.4) is 0 Å². The van der Waals surface area contributed by atoms with E-state index in [2.05, 4.69) is 4.72 Å². The molecule has 0 unspecified atom stereocenters. The van der Waals surface area contributed by atoms with Gasteiger partial charge in [0, 0.05) is 5.69 Å². The van der Waals surface area contributed by atoms with Gasteiger partial charge in [-0.1, -0.05) is 6.07 Å². The van der Waals surface area contributed by atoms with Gasteiger partial charge in [-0.15, -0.1) is 0 Å². The monoisotopic (exact) mass is 301 g/mol. The molecule has 0 aromatic heterocycles. The van der Waals surface area contributed by atoms with Crippen LogP contribution in [0.15, 0.2) is 41.3 Å². The Hall–Kier alpha value is -2.52. The van der Waals surface area contributed by atoms with E-state index in [1.807, 2.05) is 26.0 Å². The van der Waals surface area contributed by atoms with Crippen molar-refractivity contribution in [2.75, 3.05) is 10.5 Å².